The van der Waals surface area contributed by atoms with Gasteiger partial charge in [-0.25, -0.2) is 4.79 Å². The summed E-state index contributed by atoms with van der Waals surface area (Å²) >= 11 is 11.9. The van der Waals surface area contributed by atoms with E-state index in [1.165, 1.54) is 4.57 Å². The highest BCUT2D eigenvalue weighted by Gasteiger charge is 2.13. The van der Waals surface area contributed by atoms with E-state index in [1.54, 1.807) is 30.3 Å². The van der Waals surface area contributed by atoms with Crippen molar-refractivity contribution in [2.24, 2.45) is 0 Å². The highest BCUT2D eigenvalue weighted by atomic mass is 35.5. The molecule has 3 aromatic rings. The van der Waals surface area contributed by atoms with Crippen LogP contribution in [0.3, 0.4) is 0 Å². The molecule has 0 radical (unpaired) electrons. The van der Waals surface area contributed by atoms with Crippen LogP contribution in [0.5, 0.6) is 0 Å². The van der Waals surface area contributed by atoms with Gasteiger partial charge in [-0.1, -0.05) is 23.2 Å². The minimum Gasteiger partial charge on any atom is -0.408 e. The summed E-state index contributed by atoms with van der Waals surface area (Å²) in [7, 11) is 3.75. The summed E-state index contributed by atoms with van der Waals surface area (Å²) in [6.07, 6.45) is 0.108. The molecule has 0 spiro atoms. The number of hydrogen-bond acceptors (Lipinski definition) is 4. The Kier molecular flexibility index (Phi) is 5.25. The minimum atomic E-state index is -0.521. The monoisotopic (exact) mass is 393 g/mol. The number of carbonyl (C=O) groups is 1. The average molecular weight is 394 g/mol. The van der Waals surface area contributed by atoms with E-state index in [4.69, 9.17) is 27.6 Å². The fraction of sp³-hybridized carbons (Fsp3) is 0.222. The van der Waals surface area contributed by atoms with Crippen LogP contribution in [-0.2, 0) is 11.3 Å². The molecule has 0 aliphatic heterocycles. The third-order valence-corrected chi connectivity index (χ3v) is 4.38. The molecule has 3 rings (SSSR count). The molecule has 0 bridgehead atoms. The first-order valence-electron chi connectivity index (χ1n) is 7.91. The number of aryl methyl sites for hydroxylation is 1. The molecule has 0 atom stereocenters. The zero-order valence-electron chi connectivity index (χ0n) is 14.3. The van der Waals surface area contributed by atoms with Gasteiger partial charge in [-0.2, -0.15) is 0 Å². The third kappa shape index (κ3) is 3.86. The maximum Gasteiger partial charge on any atom is 0.419 e. The number of rotatable bonds is 5. The molecule has 1 amide bonds. The molecule has 1 aromatic heterocycles. The van der Waals surface area contributed by atoms with Gasteiger partial charge in [0.1, 0.15) is 0 Å². The molecule has 8 heteroatoms. The van der Waals surface area contributed by atoms with Crippen molar-refractivity contribution in [1.29, 1.82) is 0 Å². The summed E-state index contributed by atoms with van der Waals surface area (Å²) in [6.45, 7) is 0.192. The Labute approximate surface area is 159 Å². The first kappa shape index (κ1) is 18.4. The van der Waals surface area contributed by atoms with Gasteiger partial charge in [-0.3, -0.25) is 9.36 Å². The lowest BCUT2D eigenvalue weighted by molar-refractivity contribution is -0.116. The van der Waals surface area contributed by atoms with E-state index >= 15 is 0 Å². The largest absolute Gasteiger partial charge is 0.419 e. The van der Waals surface area contributed by atoms with Gasteiger partial charge in [0.2, 0.25) is 5.91 Å². The molecule has 0 saturated heterocycles. The molecule has 1 heterocycles. The van der Waals surface area contributed by atoms with Gasteiger partial charge in [0.15, 0.2) is 5.58 Å². The standard InChI is InChI=1S/C18H17Cl2N3O3/c1-22(2)14-5-3-11(19)9-13(14)21-17(24)7-8-23-15-6-4-12(20)10-16(15)26-18(23)25/h3-6,9-10H,7-8H2,1-2H3,(H,21,24). The van der Waals surface area contributed by atoms with E-state index in [-0.39, 0.29) is 18.9 Å². The van der Waals surface area contributed by atoms with E-state index in [0.29, 0.717) is 26.8 Å². The summed E-state index contributed by atoms with van der Waals surface area (Å²) in [5.74, 6) is -0.752. The predicted octanol–water partition coefficient (Wildman–Crippen LogP) is 4.00. The molecule has 2 aromatic carbocycles. The number of nitrogens with one attached hydrogen (secondary N) is 1. The lowest BCUT2D eigenvalue weighted by atomic mass is 10.2. The fourth-order valence-corrected chi connectivity index (χ4v) is 3.01. The van der Waals surface area contributed by atoms with Crippen LogP contribution in [0.1, 0.15) is 6.42 Å². The number of halogens is 2. The van der Waals surface area contributed by atoms with Crippen LogP contribution in [0.25, 0.3) is 11.1 Å². The summed E-state index contributed by atoms with van der Waals surface area (Å²) in [5.41, 5.74) is 2.45. The Morgan fingerprint density at radius 3 is 2.58 bits per heavy atom. The van der Waals surface area contributed by atoms with Crippen molar-refractivity contribution in [3.63, 3.8) is 0 Å². The Morgan fingerprint density at radius 2 is 1.85 bits per heavy atom. The lowest BCUT2D eigenvalue weighted by Gasteiger charge is -2.18. The SMILES string of the molecule is CN(C)c1ccc(Cl)cc1NC(=O)CCn1c(=O)oc2cc(Cl)ccc21. The van der Waals surface area contributed by atoms with Crippen LogP contribution in [0.2, 0.25) is 10.0 Å². The zero-order chi connectivity index (χ0) is 18.8. The number of fused-ring (bicyclic) bond motifs is 1. The van der Waals surface area contributed by atoms with Gasteiger partial charge in [0, 0.05) is 43.2 Å². The van der Waals surface area contributed by atoms with E-state index in [0.717, 1.165) is 5.69 Å². The molecule has 0 aliphatic rings. The zero-order valence-corrected chi connectivity index (χ0v) is 15.8. The highest BCUT2D eigenvalue weighted by Crippen LogP contribution is 2.28. The molecule has 0 unspecified atom stereocenters. The molecule has 1 N–H and O–H groups in total. The summed E-state index contributed by atoms with van der Waals surface area (Å²) in [4.78, 5) is 26.2. The average Bonchev–Trinajstić information content (AvgIpc) is 2.87. The summed E-state index contributed by atoms with van der Waals surface area (Å²) < 4.78 is 6.58. The summed E-state index contributed by atoms with van der Waals surface area (Å²) in [6, 6.07) is 10.2. The van der Waals surface area contributed by atoms with Crippen LogP contribution < -0.4 is 16.0 Å². The van der Waals surface area contributed by atoms with Gasteiger partial charge in [0.25, 0.3) is 0 Å². The maximum absolute atomic E-state index is 12.4. The van der Waals surface area contributed by atoms with Crippen LogP contribution in [0.15, 0.2) is 45.6 Å². The smallest absolute Gasteiger partial charge is 0.408 e. The van der Waals surface area contributed by atoms with Gasteiger partial charge in [0.05, 0.1) is 16.9 Å². The van der Waals surface area contributed by atoms with Crippen molar-refractivity contribution in [2.75, 3.05) is 24.3 Å². The van der Waals surface area contributed by atoms with E-state index in [1.807, 2.05) is 25.1 Å². The van der Waals surface area contributed by atoms with Crippen LogP contribution in [0, 0.1) is 0 Å². The van der Waals surface area contributed by atoms with Crippen LogP contribution in [0.4, 0.5) is 11.4 Å². The fourth-order valence-electron chi connectivity index (χ4n) is 2.68. The second-order valence-corrected chi connectivity index (χ2v) is 6.86. The number of carbonyl (C=O) groups excluding carboxylic acids is 1. The molecule has 0 aliphatic carbocycles. The molecule has 136 valence electrons. The van der Waals surface area contributed by atoms with Gasteiger partial charge in [-0.05, 0) is 30.3 Å². The number of benzene rings is 2. The Morgan fingerprint density at radius 1 is 1.15 bits per heavy atom. The van der Waals surface area contributed by atoms with E-state index < -0.39 is 5.76 Å². The number of hydrogen-bond donors (Lipinski definition) is 1. The Hall–Kier alpha value is -2.44. The van der Waals surface area contributed by atoms with Crippen LogP contribution in [-0.4, -0.2) is 24.6 Å². The topological polar surface area (TPSA) is 67.5 Å². The number of amides is 1. The van der Waals surface area contributed by atoms with E-state index in [2.05, 4.69) is 5.32 Å². The Balaban J connectivity index is 1.75. The minimum absolute atomic E-state index is 0.108. The number of nitrogens with zero attached hydrogens (tertiary/aromatic N) is 2. The highest BCUT2D eigenvalue weighted by molar-refractivity contribution is 6.31. The molecular weight excluding hydrogens is 377 g/mol. The normalized spacial score (nSPS) is 10.9. The van der Waals surface area contributed by atoms with Crippen molar-refractivity contribution in [3.8, 4) is 0 Å². The van der Waals surface area contributed by atoms with Gasteiger partial charge < -0.3 is 14.6 Å². The first-order valence-corrected chi connectivity index (χ1v) is 8.66. The number of anilines is 2. The molecule has 0 fully saturated rings. The van der Waals surface area contributed by atoms with Gasteiger partial charge >= 0.3 is 5.76 Å². The lowest BCUT2D eigenvalue weighted by Crippen LogP contribution is -2.21. The maximum atomic E-state index is 12.4. The molecule has 26 heavy (non-hydrogen) atoms. The predicted molar refractivity (Wildman–Crippen MR) is 105 cm³/mol. The summed E-state index contributed by atoms with van der Waals surface area (Å²) in [5, 5.41) is 3.85. The van der Waals surface area contributed by atoms with Crippen molar-refractivity contribution in [1.82, 2.24) is 4.57 Å². The third-order valence-electron chi connectivity index (χ3n) is 3.91. The van der Waals surface area contributed by atoms with Crippen LogP contribution >= 0.6 is 23.2 Å². The Bertz CT molecular complexity index is 1020. The molecule has 0 saturated carbocycles. The first-order chi connectivity index (χ1) is 12.3. The number of oxazole rings is 1. The van der Waals surface area contributed by atoms with Crippen molar-refractivity contribution in [2.45, 2.75) is 13.0 Å². The van der Waals surface area contributed by atoms with Crippen molar-refractivity contribution in [3.05, 3.63) is 57.0 Å². The number of aromatic nitrogens is 1. The van der Waals surface area contributed by atoms with Crippen molar-refractivity contribution >= 4 is 51.6 Å². The second kappa shape index (κ2) is 7.43. The van der Waals surface area contributed by atoms with Gasteiger partial charge in [-0.15, -0.1) is 0 Å². The van der Waals surface area contributed by atoms with E-state index in [9.17, 15) is 9.59 Å². The van der Waals surface area contributed by atoms with Crippen molar-refractivity contribution < 1.29 is 9.21 Å². The molecular formula is C18H17Cl2N3O3. The second-order valence-electron chi connectivity index (χ2n) is 5.99. The quantitative estimate of drug-likeness (QED) is 0.711. The molecule has 6 nitrogen and oxygen atoms in total.